The molecule has 0 saturated carbocycles. The predicted molar refractivity (Wildman–Crippen MR) is 133 cm³/mol. The highest BCUT2D eigenvalue weighted by molar-refractivity contribution is 7.99. The number of carbonyl (C=O) groups excluding carboxylic acids is 1. The van der Waals surface area contributed by atoms with Crippen molar-refractivity contribution in [1.29, 1.82) is 0 Å². The minimum absolute atomic E-state index is 0.158. The third kappa shape index (κ3) is 6.13. The summed E-state index contributed by atoms with van der Waals surface area (Å²) in [5.41, 5.74) is 3.00. The fraction of sp³-hybridized carbons (Fsp3) is 0.217. The van der Waals surface area contributed by atoms with Crippen molar-refractivity contribution in [3.63, 3.8) is 0 Å². The molecule has 0 aliphatic rings. The fourth-order valence-electron chi connectivity index (χ4n) is 2.94. The molecule has 0 atom stereocenters. The number of benzene rings is 2. The standard InChI is InChI=1S/C23H22ClN5O2S2/c1-3-15-4-10-18(11-5-15)31-12-20-27-28-23(29(20)2)33-14-21(30)26-22-25-19(13-32-22)16-6-8-17(24)9-7-16/h4-11,13H,3,12,14H2,1-2H3,(H,25,26,30). The molecule has 0 fully saturated rings. The molecule has 0 aliphatic heterocycles. The number of aromatic nitrogens is 4. The third-order valence-electron chi connectivity index (χ3n) is 4.85. The van der Waals surface area contributed by atoms with E-state index in [9.17, 15) is 4.79 Å². The molecule has 0 aliphatic carbocycles. The van der Waals surface area contributed by atoms with E-state index >= 15 is 0 Å². The number of anilines is 1. The molecule has 7 nitrogen and oxygen atoms in total. The summed E-state index contributed by atoms with van der Waals surface area (Å²) in [6, 6.07) is 15.4. The molecule has 170 valence electrons. The van der Waals surface area contributed by atoms with Gasteiger partial charge in [0, 0.05) is 23.0 Å². The van der Waals surface area contributed by atoms with Crippen LogP contribution in [0.25, 0.3) is 11.3 Å². The lowest BCUT2D eigenvalue weighted by Crippen LogP contribution is -2.14. The van der Waals surface area contributed by atoms with Crippen molar-refractivity contribution in [3.05, 3.63) is 70.3 Å². The van der Waals surface area contributed by atoms with Crippen LogP contribution in [-0.2, 0) is 24.9 Å². The number of halogens is 1. The van der Waals surface area contributed by atoms with E-state index in [-0.39, 0.29) is 11.7 Å². The van der Waals surface area contributed by atoms with Crippen molar-refractivity contribution in [1.82, 2.24) is 19.7 Å². The van der Waals surface area contributed by atoms with Gasteiger partial charge in [0.25, 0.3) is 0 Å². The second kappa shape index (κ2) is 10.8. The monoisotopic (exact) mass is 499 g/mol. The van der Waals surface area contributed by atoms with Gasteiger partial charge in [-0.25, -0.2) is 4.98 Å². The van der Waals surface area contributed by atoms with Crippen LogP contribution in [0.2, 0.25) is 5.02 Å². The summed E-state index contributed by atoms with van der Waals surface area (Å²) < 4.78 is 7.64. The summed E-state index contributed by atoms with van der Waals surface area (Å²) in [4.78, 5) is 16.9. The number of rotatable bonds is 9. The van der Waals surface area contributed by atoms with Crippen LogP contribution < -0.4 is 10.1 Å². The molecule has 0 radical (unpaired) electrons. The number of hydrogen-bond acceptors (Lipinski definition) is 7. The summed E-state index contributed by atoms with van der Waals surface area (Å²) in [7, 11) is 1.86. The van der Waals surface area contributed by atoms with E-state index in [1.807, 2.05) is 65.5 Å². The van der Waals surface area contributed by atoms with E-state index in [1.54, 1.807) is 0 Å². The van der Waals surface area contributed by atoms with E-state index in [2.05, 4.69) is 27.4 Å². The quantitative estimate of drug-likeness (QED) is 0.308. The Morgan fingerprint density at radius 3 is 2.64 bits per heavy atom. The number of hydrogen-bond donors (Lipinski definition) is 1. The minimum atomic E-state index is -0.158. The first kappa shape index (κ1) is 23.3. The number of thiazole rings is 1. The van der Waals surface area contributed by atoms with Gasteiger partial charge in [-0.1, -0.05) is 54.6 Å². The average Bonchev–Trinajstić information content (AvgIpc) is 3.43. The molecule has 0 spiro atoms. The van der Waals surface area contributed by atoms with Crippen molar-refractivity contribution in [3.8, 4) is 17.0 Å². The maximum atomic E-state index is 12.4. The summed E-state index contributed by atoms with van der Waals surface area (Å²) in [5.74, 6) is 1.50. The van der Waals surface area contributed by atoms with E-state index in [4.69, 9.17) is 16.3 Å². The van der Waals surface area contributed by atoms with Gasteiger partial charge in [0.05, 0.1) is 11.4 Å². The first-order valence-electron chi connectivity index (χ1n) is 10.3. The zero-order valence-corrected chi connectivity index (χ0v) is 20.5. The highest BCUT2D eigenvalue weighted by atomic mass is 35.5. The van der Waals surface area contributed by atoms with Crippen LogP contribution in [-0.4, -0.2) is 31.4 Å². The molecule has 2 aromatic heterocycles. The number of nitrogens with zero attached hydrogens (tertiary/aromatic N) is 4. The van der Waals surface area contributed by atoms with Gasteiger partial charge >= 0.3 is 0 Å². The topological polar surface area (TPSA) is 81.9 Å². The maximum Gasteiger partial charge on any atom is 0.236 e. The first-order chi connectivity index (χ1) is 16.0. The average molecular weight is 500 g/mol. The van der Waals surface area contributed by atoms with Crippen molar-refractivity contribution in [2.24, 2.45) is 7.05 Å². The summed E-state index contributed by atoms with van der Waals surface area (Å²) in [5, 5.41) is 15.0. The van der Waals surface area contributed by atoms with Crippen LogP contribution in [0.3, 0.4) is 0 Å². The lowest BCUT2D eigenvalue weighted by Gasteiger charge is -2.07. The van der Waals surface area contributed by atoms with Gasteiger partial charge in [0.2, 0.25) is 5.91 Å². The van der Waals surface area contributed by atoms with Crippen molar-refractivity contribution in [2.45, 2.75) is 25.1 Å². The van der Waals surface area contributed by atoms with Crippen LogP contribution in [0.15, 0.2) is 59.1 Å². The molecular formula is C23H22ClN5O2S2. The van der Waals surface area contributed by atoms with Crippen molar-refractivity contribution in [2.75, 3.05) is 11.1 Å². The van der Waals surface area contributed by atoms with Crippen LogP contribution >= 0.6 is 34.7 Å². The Labute approximate surface area is 205 Å². The first-order valence-corrected chi connectivity index (χ1v) is 12.5. The van der Waals surface area contributed by atoms with E-state index < -0.39 is 0 Å². The van der Waals surface area contributed by atoms with Gasteiger partial charge in [-0.05, 0) is 36.2 Å². The number of carbonyl (C=O) groups is 1. The van der Waals surface area contributed by atoms with Gasteiger partial charge in [-0.2, -0.15) is 0 Å². The van der Waals surface area contributed by atoms with Crippen molar-refractivity contribution < 1.29 is 9.53 Å². The number of aryl methyl sites for hydroxylation is 1. The molecule has 0 saturated heterocycles. The normalized spacial score (nSPS) is 10.9. The Kier molecular flexibility index (Phi) is 7.64. The van der Waals surface area contributed by atoms with Gasteiger partial charge in [0.1, 0.15) is 12.4 Å². The number of thioether (sulfide) groups is 1. The number of amides is 1. The zero-order valence-electron chi connectivity index (χ0n) is 18.1. The Hall–Kier alpha value is -2.88. The van der Waals surface area contributed by atoms with E-state index in [0.29, 0.717) is 27.7 Å². The maximum absolute atomic E-state index is 12.4. The molecule has 0 bridgehead atoms. The third-order valence-corrected chi connectivity index (χ3v) is 6.88. The Morgan fingerprint density at radius 1 is 1.15 bits per heavy atom. The Morgan fingerprint density at radius 2 is 1.91 bits per heavy atom. The van der Waals surface area contributed by atoms with Crippen LogP contribution in [0, 0.1) is 0 Å². The molecule has 4 aromatic rings. The predicted octanol–water partition coefficient (Wildman–Crippen LogP) is 5.46. The van der Waals surface area contributed by atoms with Crippen LogP contribution in [0.4, 0.5) is 5.13 Å². The zero-order chi connectivity index (χ0) is 23.2. The minimum Gasteiger partial charge on any atom is -0.486 e. The van der Waals surface area contributed by atoms with Crippen LogP contribution in [0.1, 0.15) is 18.3 Å². The van der Waals surface area contributed by atoms with Gasteiger partial charge < -0.3 is 14.6 Å². The smallest absolute Gasteiger partial charge is 0.236 e. The van der Waals surface area contributed by atoms with Crippen LogP contribution in [0.5, 0.6) is 5.75 Å². The summed E-state index contributed by atoms with van der Waals surface area (Å²) in [6.45, 7) is 2.42. The van der Waals surface area contributed by atoms with E-state index in [1.165, 1.54) is 28.7 Å². The molecule has 10 heteroatoms. The van der Waals surface area contributed by atoms with Gasteiger partial charge in [-0.15, -0.1) is 21.5 Å². The van der Waals surface area contributed by atoms with E-state index in [0.717, 1.165) is 23.4 Å². The lowest BCUT2D eigenvalue weighted by atomic mass is 10.2. The molecular weight excluding hydrogens is 478 g/mol. The SMILES string of the molecule is CCc1ccc(OCc2nnc(SCC(=O)Nc3nc(-c4ccc(Cl)cc4)cs3)n2C)cc1. The largest absolute Gasteiger partial charge is 0.486 e. The molecule has 1 N–H and O–H groups in total. The van der Waals surface area contributed by atoms with Gasteiger partial charge in [0.15, 0.2) is 16.1 Å². The fourth-order valence-corrected chi connectivity index (χ4v) is 4.53. The highest BCUT2D eigenvalue weighted by Gasteiger charge is 2.13. The molecule has 33 heavy (non-hydrogen) atoms. The summed E-state index contributed by atoms with van der Waals surface area (Å²) >= 11 is 8.62. The molecule has 1 amide bonds. The summed E-state index contributed by atoms with van der Waals surface area (Å²) in [6.07, 6.45) is 0.990. The Bertz CT molecular complexity index is 1220. The highest BCUT2D eigenvalue weighted by Crippen LogP contribution is 2.26. The molecule has 0 unspecified atom stereocenters. The number of nitrogens with one attached hydrogen (secondary N) is 1. The van der Waals surface area contributed by atoms with Crippen molar-refractivity contribution >= 4 is 45.7 Å². The Balaban J connectivity index is 1.28. The number of ether oxygens (including phenoxy) is 1. The lowest BCUT2D eigenvalue weighted by molar-refractivity contribution is -0.113. The molecule has 2 heterocycles. The molecule has 2 aromatic carbocycles. The van der Waals surface area contributed by atoms with Gasteiger partial charge in [-0.3, -0.25) is 4.79 Å². The second-order valence-corrected chi connectivity index (χ2v) is 9.36. The molecule has 4 rings (SSSR count). The second-order valence-electron chi connectivity index (χ2n) is 7.13.